The van der Waals surface area contributed by atoms with Crippen LogP contribution in [0.1, 0.15) is 5.56 Å². The zero-order chi connectivity index (χ0) is 19.4. The Bertz CT molecular complexity index is 945. The van der Waals surface area contributed by atoms with E-state index in [-0.39, 0.29) is 19.9 Å². The fourth-order valence-electron chi connectivity index (χ4n) is 2.63. The predicted octanol–water partition coefficient (Wildman–Crippen LogP) is 1.82. The first-order valence-corrected chi connectivity index (χ1v) is 9.98. The Labute approximate surface area is 157 Å². The van der Waals surface area contributed by atoms with Crippen molar-refractivity contribution >= 4 is 21.6 Å². The molecule has 0 saturated carbocycles. The standard InChI is InChI=1S/C18H20N2O6S/c1-24-15-6-4-3-5-14(15)19-18(21)11-20(27(2,22)23)10-13-7-8-16-17(9-13)26-12-25-16/h3-9H,10-12H2,1-2H3,(H,19,21). The molecule has 2 aromatic carbocycles. The number of nitrogens with zero attached hydrogens (tertiary/aromatic N) is 1. The van der Waals surface area contributed by atoms with Crippen molar-refractivity contribution in [3.63, 3.8) is 0 Å². The Balaban J connectivity index is 1.73. The normalized spacial score (nSPS) is 12.9. The number of carbonyl (C=O) groups is 1. The van der Waals surface area contributed by atoms with E-state index in [4.69, 9.17) is 14.2 Å². The first kappa shape index (κ1) is 19.0. The number of hydrogen-bond acceptors (Lipinski definition) is 6. The number of amides is 1. The molecule has 8 nitrogen and oxygen atoms in total. The van der Waals surface area contributed by atoms with Crippen LogP contribution in [0.2, 0.25) is 0 Å². The Morgan fingerprint density at radius 1 is 1.19 bits per heavy atom. The first-order valence-electron chi connectivity index (χ1n) is 8.13. The van der Waals surface area contributed by atoms with Gasteiger partial charge in [0.05, 0.1) is 25.6 Å². The SMILES string of the molecule is COc1ccccc1NC(=O)CN(Cc1ccc2c(c1)OCO2)S(C)(=O)=O. The topological polar surface area (TPSA) is 94.2 Å². The summed E-state index contributed by atoms with van der Waals surface area (Å²) in [5.41, 5.74) is 1.16. The predicted molar refractivity (Wildman–Crippen MR) is 99.4 cm³/mol. The number of methoxy groups -OCH3 is 1. The number of ether oxygens (including phenoxy) is 3. The van der Waals surface area contributed by atoms with Crippen LogP contribution in [0, 0.1) is 0 Å². The largest absolute Gasteiger partial charge is 0.495 e. The van der Waals surface area contributed by atoms with Crippen LogP contribution in [0.3, 0.4) is 0 Å². The van der Waals surface area contributed by atoms with Crippen LogP contribution in [-0.2, 0) is 21.4 Å². The van der Waals surface area contributed by atoms with Gasteiger partial charge in [-0.25, -0.2) is 8.42 Å². The van der Waals surface area contributed by atoms with Gasteiger partial charge in [-0.2, -0.15) is 4.31 Å². The summed E-state index contributed by atoms with van der Waals surface area (Å²) in [4.78, 5) is 12.4. The van der Waals surface area contributed by atoms with Gasteiger partial charge in [0, 0.05) is 6.54 Å². The molecular weight excluding hydrogens is 372 g/mol. The third-order valence-electron chi connectivity index (χ3n) is 3.97. The van der Waals surface area contributed by atoms with Crippen molar-refractivity contribution in [2.24, 2.45) is 0 Å². The van der Waals surface area contributed by atoms with E-state index in [1.807, 2.05) is 0 Å². The minimum atomic E-state index is -3.61. The smallest absolute Gasteiger partial charge is 0.239 e. The maximum atomic E-state index is 12.4. The Morgan fingerprint density at radius 2 is 1.93 bits per heavy atom. The van der Waals surface area contributed by atoms with Crippen LogP contribution >= 0.6 is 0 Å². The molecule has 2 aromatic rings. The van der Waals surface area contributed by atoms with Gasteiger partial charge in [-0.05, 0) is 29.8 Å². The quantitative estimate of drug-likeness (QED) is 0.773. The first-order chi connectivity index (χ1) is 12.9. The summed E-state index contributed by atoms with van der Waals surface area (Å²) >= 11 is 0. The minimum absolute atomic E-state index is 0.0365. The van der Waals surface area contributed by atoms with E-state index in [0.717, 1.165) is 10.6 Å². The summed E-state index contributed by atoms with van der Waals surface area (Å²) in [5.74, 6) is 1.19. The maximum absolute atomic E-state index is 12.4. The second-order valence-corrected chi connectivity index (χ2v) is 7.95. The van der Waals surface area contributed by atoms with Gasteiger partial charge in [-0.3, -0.25) is 4.79 Å². The summed E-state index contributed by atoms with van der Waals surface area (Å²) in [5, 5.41) is 2.68. The van der Waals surface area contributed by atoms with E-state index >= 15 is 0 Å². The molecule has 0 atom stereocenters. The highest BCUT2D eigenvalue weighted by atomic mass is 32.2. The van der Waals surface area contributed by atoms with Gasteiger partial charge in [0.1, 0.15) is 5.75 Å². The molecule has 0 unspecified atom stereocenters. The monoisotopic (exact) mass is 392 g/mol. The van der Waals surface area contributed by atoms with Gasteiger partial charge in [0.15, 0.2) is 11.5 Å². The molecule has 1 N–H and O–H groups in total. The zero-order valence-corrected chi connectivity index (χ0v) is 15.8. The molecule has 0 aromatic heterocycles. The van der Waals surface area contributed by atoms with Crippen LogP contribution in [0.4, 0.5) is 5.69 Å². The number of fused-ring (bicyclic) bond motifs is 1. The van der Waals surface area contributed by atoms with E-state index in [1.165, 1.54) is 7.11 Å². The van der Waals surface area contributed by atoms with Crippen molar-refractivity contribution in [1.82, 2.24) is 4.31 Å². The van der Waals surface area contributed by atoms with Gasteiger partial charge < -0.3 is 19.5 Å². The number of sulfonamides is 1. The lowest BCUT2D eigenvalue weighted by Gasteiger charge is -2.20. The maximum Gasteiger partial charge on any atom is 0.239 e. The Hall–Kier alpha value is -2.78. The average molecular weight is 392 g/mol. The Kier molecular flexibility index (Phi) is 5.52. The minimum Gasteiger partial charge on any atom is -0.495 e. The molecular formula is C18H20N2O6S. The van der Waals surface area contributed by atoms with Gasteiger partial charge in [-0.15, -0.1) is 0 Å². The van der Waals surface area contributed by atoms with Crippen molar-refractivity contribution < 1.29 is 27.4 Å². The van der Waals surface area contributed by atoms with Crippen LogP contribution in [0.25, 0.3) is 0 Å². The molecule has 1 aliphatic heterocycles. The van der Waals surface area contributed by atoms with Gasteiger partial charge in [0.2, 0.25) is 22.7 Å². The molecule has 9 heteroatoms. The van der Waals surface area contributed by atoms with E-state index in [1.54, 1.807) is 42.5 Å². The number of rotatable bonds is 7. The van der Waals surface area contributed by atoms with E-state index in [0.29, 0.717) is 28.5 Å². The van der Waals surface area contributed by atoms with Crippen molar-refractivity contribution in [3.05, 3.63) is 48.0 Å². The average Bonchev–Trinajstić information content (AvgIpc) is 3.08. The molecule has 27 heavy (non-hydrogen) atoms. The van der Waals surface area contributed by atoms with Crippen molar-refractivity contribution in [2.75, 3.05) is 32.0 Å². The molecule has 0 aliphatic carbocycles. The van der Waals surface area contributed by atoms with Crippen LogP contribution < -0.4 is 19.5 Å². The molecule has 0 bridgehead atoms. The number of nitrogens with one attached hydrogen (secondary N) is 1. The summed E-state index contributed by atoms with van der Waals surface area (Å²) in [6.07, 6.45) is 1.07. The summed E-state index contributed by atoms with van der Waals surface area (Å²) < 4.78 is 41.1. The summed E-state index contributed by atoms with van der Waals surface area (Å²) in [6.45, 7) is -0.157. The highest BCUT2D eigenvalue weighted by molar-refractivity contribution is 7.88. The van der Waals surface area contributed by atoms with Gasteiger partial charge in [-0.1, -0.05) is 18.2 Å². The molecule has 1 amide bonds. The number of benzene rings is 2. The summed E-state index contributed by atoms with van der Waals surface area (Å²) in [7, 11) is -2.12. The lowest BCUT2D eigenvalue weighted by atomic mass is 10.2. The number of hydrogen-bond donors (Lipinski definition) is 1. The molecule has 0 radical (unpaired) electrons. The van der Waals surface area contributed by atoms with Crippen LogP contribution in [-0.4, -0.2) is 45.3 Å². The molecule has 0 spiro atoms. The lowest BCUT2D eigenvalue weighted by molar-refractivity contribution is -0.116. The third-order valence-corrected chi connectivity index (χ3v) is 5.16. The fourth-order valence-corrected chi connectivity index (χ4v) is 3.37. The van der Waals surface area contributed by atoms with E-state index in [9.17, 15) is 13.2 Å². The molecule has 0 saturated heterocycles. The zero-order valence-electron chi connectivity index (χ0n) is 15.0. The van der Waals surface area contributed by atoms with Crippen molar-refractivity contribution in [3.8, 4) is 17.2 Å². The summed E-state index contributed by atoms with van der Waals surface area (Å²) in [6, 6.07) is 12.1. The van der Waals surface area contributed by atoms with Crippen molar-refractivity contribution in [2.45, 2.75) is 6.54 Å². The number of anilines is 1. The molecule has 0 fully saturated rings. The number of para-hydroxylation sites is 2. The van der Waals surface area contributed by atoms with Gasteiger partial charge in [0.25, 0.3) is 0 Å². The highest BCUT2D eigenvalue weighted by Crippen LogP contribution is 2.33. The van der Waals surface area contributed by atoms with Gasteiger partial charge >= 0.3 is 0 Å². The second-order valence-electron chi connectivity index (χ2n) is 5.97. The molecule has 1 aliphatic rings. The molecule has 1 heterocycles. The third kappa shape index (κ3) is 4.69. The number of carbonyl (C=O) groups excluding carboxylic acids is 1. The Morgan fingerprint density at radius 3 is 2.67 bits per heavy atom. The van der Waals surface area contributed by atoms with Crippen molar-refractivity contribution in [1.29, 1.82) is 0 Å². The molecule has 3 rings (SSSR count). The molecule has 144 valence electrons. The second kappa shape index (κ2) is 7.85. The van der Waals surface area contributed by atoms with E-state index < -0.39 is 15.9 Å². The lowest BCUT2D eigenvalue weighted by Crippen LogP contribution is -2.36. The van der Waals surface area contributed by atoms with Crippen LogP contribution in [0.5, 0.6) is 17.2 Å². The highest BCUT2D eigenvalue weighted by Gasteiger charge is 2.22. The van der Waals surface area contributed by atoms with E-state index in [2.05, 4.69) is 5.32 Å². The fraction of sp³-hybridized carbons (Fsp3) is 0.278. The van der Waals surface area contributed by atoms with Crippen LogP contribution in [0.15, 0.2) is 42.5 Å².